The Hall–Kier alpha value is -2.79. The molecule has 12 heteroatoms. The summed E-state index contributed by atoms with van der Waals surface area (Å²) in [7, 11) is 1.38. The van der Waals surface area contributed by atoms with E-state index in [0.717, 1.165) is 57.1 Å². The lowest BCUT2D eigenvalue weighted by Crippen LogP contribution is -2.37. The zero-order valence-corrected chi connectivity index (χ0v) is 40.8. The number of unbranched alkanes of at least 4 members (excludes halogenated alkanes) is 13. The molecule has 0 bridgehead atoms. The molecule has 2 N–H and O–H groups in total. The molecule has 0 saturated heterocycles. The number of phosphoric ester groups is 1. The second-order valence-electron chi connectivity index (χ2n) is 17.6. The third kappa shape index (κ3) is 32.0. The predicted octanol–water partition coefficient (Wildman–Crippen LogP) is 12.1. The number of ether oxygens (including phenoxy) is 2. The van der Waals surface area contributed by atoms with Gasteiger partial charge in [-0.15, -0.1) is 0 Å². The number of aliphatic hydroxyl groups excluding tert-OH is 1. The van der Waals surface area contributed by atoms with Gasteiger partial charge in [0.1, 0.15) is 31.3 Å². The molecular weight excluding hydrogens is 806 g/mol. The van der Waals surface area contributed by atoms with E-state index in [9.17, 15) is 24.2 Å². The number of furan rings is 1. The largest absolute Gasteiger partial charge is 0.472 e. The number of likely N-dealkylation sites (N-methyl/N-ethyl adjacent to an activating group) is 1. The maximum Gasteiger partial charge on any atom is 0.472 e. The van der Waals surface area contributed by atoms with Gasteiger partial charge in [-0.3, -0.25) is 18.6 Å². The van der Waals surface area contributed by atoms with Crippen molar-refractivity contribution in [2.24, 2.45) is 0 Å². The summed E-state index contributed by atoms with van der Waals surface area (Å²) in [5, 5.41) is 10.1. The maximum absolute atomic E-state index is 12.7. The summed E-state index contributed by atoms with van der Waals surface area (Å²) >= 11 is 0. The number of quaternary nitrogens is 1. The van der Waals surface area contributed by atoms with E-state index in [1.807, 2.05) is 57.6 Å². The molecular formula is C50H87NO10P+. The second kappa shape index (κ2) is 35.5. The summed E-state index contributed by atoms with van der Waals surface area (Å²) in [5.74, 6) is 1.40. The summed E-state index contributed by atoms with van der Waals surface area (Å²) in [6, 6.07) is 0. The highest BCUT2D eigenvalue weighted by molar-refractivity contribution is 7.47. The van der Waals surface area contributed by atoms with Gasteiger partial charge in [-0.1, -0.05) is 127 Å². The van der Waals surface area contributed by atoms with Crippen LogP contribution in [0, 0.1) is 13.8 Å². The Bertz CT molecular complexity index is 1490. The van der Waals surface area contributed by atoms with Crippen LogP contribution in [-0.2, 0) is 45.5 Å². The summed E-state index contributed by atoms with van der Waals surface area (Å²) in [5.41, 5.74) is 2.65. The van der Waals surface area contributed by atoms with Crippen LogP contribution in [0.15, 0.2) is 53.0 Å². The van der Waals surface area contributed by atoms with Crippen molar-refractivity contribution in [1.82, 2.24) is 0 Å². The monoisotopic (exact) mass is 893 g/mol. The van der Waals surface area contributed by atoms with E-state index in [-0.39, 0.29) is 26.1 Å². The second-order valence-corrected chi connectivity index (χ2v) is 19.0. The van der Waals surface area contributed by atoms with Crippen molar-refractivity contribution in [1.29, 1.82) is 0 Å². The van der Waals surface area contributed by atoms with Gasteiger partial charge in [-0.2, -0.15) is 0 Å². The molecule has 1 heterocycles. The average molecular weight is 893 g/mol. The SMILES string of the molecule is CCCCC/C=C\C[C@H](O)/C=C/C=C\C/C=C\CCCC(=O)O[C@H](COC(=O)CCCCCCCCCCc1oc(CCCCC)c(C)c1C)COP(=O)(O)OCC[N+](C)(C)C. The van der Waals surface area contributed by atoms with E-state index in [1.165, 1.54) is 74.7 Å². The number of hydrogen-bond donors (Lipinski definition) is 2. The lowest BCUT2D eigenvalue weighted by Gasteiger charge is -2.24. The number of aliphatic hydroxyl groups is 1. The van der Waals surface area contributed by atoms with Gasteiger partial charge in [0, 0.05) is 25.7 Å². The number of nitrogens with zero attached hydrogens (tertiary/aromatic N) is 1. The Balaban J connectivity index is 2.40. The Morgan fingerprint density at radius 2 is 1.27 bits per heavy atom. The van der Waals surface area contributed by atoms with E-state index in [2.05, 4.69) is 33.8 Å². The molecule has 0 radical (unpaired) electrons. The van der Waals surface area contributed by atoms with Crippen molar-refractivity contribution >= 4 is 19.8 Å². The number of esters is 2. The van der Waals surface area contributed by atoms with Gasteiger partial charge >= 0.3 is 19.8 Å². The van der Waals surface area contributed by atoms with Crippen LogP contribution in [0.3, 0.4) is 0 Å². The number of carbonyl (C=O) groups excluding carboxylic acids is 2. The molecule has 0 spiro atoms. The fourth-order valence-electron chi connectivity index (χ4n) is 6.56. The molecule has 1 rings (SSSR count). The molecule has 11 nitrogen and oxygen atoms in total. The Labute approximate surface area is 376 Å². The number of carbonyl (C=O) groups is 2. The molecule has 62 heavy (non-hydrogen) atoms. The molecule has 356 valence electrons. The minimum Gasteiger partial charge on any atom is -0.466 e. The Morgan fingerprint density at radius 1 is 0.694 bits per heavy atom. The van der Waals surface area contributed by atoms with Crippen LogP contribution >= 0.6 is 7.82 Å². The maximum atomic E-state index is 12.7. The molecule has 1 unspecified atom stereocenters. The molecule has 0 aliphatic heterocycles. The quantitative estimate of drug-likeness (QED) is 0.0164. The van der Waals surface area contributed by atoms with Gasteiger partial charge in [-0.25, -0.2) is 4.57 Å². The highest BCUT2D eigenvalue weighted by atomic mass is 31.2. The third-order valence-electron chi connectivity index (χ3n) is 10.6. The van der Waals surface area contributed by atoms with Crippen LogP contribution in [0.5, 0.6) is 0 Å². The van der Waals surface area contributed by atoms with E-state index >= 15 is 0 Å². The fourth-order valence-corrected chi connectivity index (χ4v) is 7.30. The molecule has 0 amide bonds. The van der Waals surface area contributed by atoms with Crippen LogP contribution in [0.4, 0.5) is 0 Å². The Morgan fingerprint density at radius 3 is 1.94 bits per heavy atom. The van der Waals surface area contributed by atoms with Crippen molar-refractivity contribution in [2.45, 2.75) is 188 Å². The minimum absolute atomic E-state index is 0.00221. The summed E-state index contributed by atoms with van der Waals surface area (Å²) in [6.07, 6.45) is 35.9. The van der Waals surface area contributed by atoms with Crippen LogP contribution in [0.25, 0.3) is 0 Å². The van der Waals surface area contributed by atoms with Crippen LogP contribution in [0.2, 0.25) is 0 Å². The highest BCUT2D eigenvalue weighted by Gasteiger charge is 2.27. The molecule has 0 aliphatic rings. The number of rotatable bonds is 39. The first kappa shape index (κ1) is 57.2. The Kier molecular flexibility index (Phi) is 32.8. The van der Waals surface area contributed by atoms with Crippen molar-refractivity contribution in [2.75, 3.05) is 47.5 Å². The minimum atomic E-state index is -4.42. The average Bonchev–Trinajstić information content (AvgIpc) is 3.48. The van der Waals surface area contributed by atoms with Gasteiger partial charge in [0.25, 0.3) is 0 Å². The van der Waals surface area contributed by atoms with Gasteiger partial charge < -0.3 is 28.4 Å². The molecule has 1 aromatic rings. The normalized spacial score (nSPS) is 14.4. The first-order valence-corrected chi connectivity index (χ1v) is 25.3. The summed E-state index contributed by atoms with van der Waals surface area (Å²) in [4.78, 5) is 35.5. The van der Waals surface area contributed by atoms with Gasteiger partial charge in [0.15, 0.2) is 6.10 Å². The number of allylic oxidation sites excluding steroid dienone is 6. The van der Waals surface area contributed by atoms with Crippen molar-refractivity contribution in [3.8, 4) is 0 Å². The van der Waals surface area contributed by atoms with Crippen molar-refractivity contribution in [3.63, 3.8) is 0 Å². The molecule has 3 atom stereocenters. The van der Waals surface area contributed by atoms with E-state index in [0.29, 0.717) is 36.7 Å². The molecule has 0 aromatic carbocycles. The molecule has 0 fully saturated rings. The first-order chi connectivity index (χ1) is 29.7. The molecule has 0 aliphatic carbocycles. The zero-order valence-electron chi connectivity index (χ0n) is 39.9. The topological polar surface area (TPSA) is 142 Å². The zero-order chi connectivity index (χ0) is 45.9. The molecule has 0 saturated carbocycles. The van der Waals surface area contributed by atoms with Gasteiger partial charge in [0.2, 0.25) is 0 Å². The smallest absolute Gasteiger partial charge is 0.466 e. The number of aryl methyl sites for hydroxylation is 2. The number of phosphoric acid groups is 1. The van der Waals surface area contributed by atoms with Crippen molar-refractivity contribution < 1.29 is 51.6 Å². The molecule has 1 aromatic heterocycles. The fraction of sp³-hybridized carbons (Fsp3) is 0.720. The number of hydrogen-bond acceptors (Lipinski definition) is 9. The van der Waals surface area contributed by atoms with E-state index < -0.39 is 38.6 Å². The predicted molar refractivity (Wildman–Crippen MR) is 252 cm³/mol. The summed E-state index contributed by atoms with van der Waals surface area (Å²) < 4.78 is 40.5. The van der Waals surface area contributed by atoms with Crippen molar-refractivity contribution in [3.05, 3.63) is 71.3 Å². The lowest BCUT2D eigenvalue weighted by atomic mass is 10.0. The van der Waals surface area contributed by atoms with Gasteiger partial charge in [0.05, 0.1) is 33.9 Å². The standard InChI is InChI=1S/C50H86NO10P/c1-8-10-12-13-22-28-33-45(52)34-29-23-18-14-16-21-26-32-38-50(54)60-46(42-59-62(55,56)58-40-39-51(5,6)7)41-57-49(53)37-31-25-20-17-15-19-24-30-36-48-44(4)43(3)47(61-48)35-27-11-9-2/h16,18,21-23,28-29,34,45-46,52H,8-15,17,19-20,24-27,30-33,35-42H2,1-7H3/p+1/b21-16-,23-18-,28-22-,34-29+/t45-,46+/m0/s1. The van der Waals surface area contributed by atoms with Crippen LogP contribution in [-0.4, -0.2) is 86.1 Å². The van der Waals surface area contributed by atoms with Gasteiger partial charge in [-0.05, 0) is 82.8 Å². The van der Waals surface area contributed by atoms with Crippen LogP contribution in [0.1, 0.15) is 171 Å². The lowest BCUT2D eigenvalue weighted by molar-refractivity contribution is -0.870. The summed E-state index contributed by atoms with van der Waals surface area (Å²) in [6.45, 7) is 8.53. The van der Waals surface area contributed by atoms with E-state index in [1.54, 1.807) is 6.08 Å². The first-order valence-electron chi connectivity index (χ1n) is 23.8. The van der Waals surface area contributed by atoms with Crippen LogP contribution < -0.4 is 0 Å². The highest BCUT2D eigenvalue weighted by Crippen LogP contribution is 2.43. The van der Waals surface area contributed by atoms with E-state index in [4.69, 9.17) is 22.9 Å². The third-order valence-corrected chi connectivity index (χ3v) is 11.6.